The molecule has 9 nitrogen and oxygen atoms in total. The first-order chi connectivity index (χ1) is 9.74. The van der Waals surface area contributed by atoms with Gasteiger partial charge in [-0.3, -0.25) is 0 Å². The summed E-state index contributed by atoms with van der Waals surface area (Å²) in [5, 5.41) is 23.2. The van der Waals surface area contributed by atoms with Crippen molar-refractivity contribution in [2.24, 2.45) is 5.10 Å². The first kappa shape index (κ1) is 13.7. The summed E-state index contributed by atoms with van der Waals surface area (Å²) in [6.45, 7) is 0.135. The number of benzene rings is 1. The molecule has 20 heavy (non-hydrogen) atoms. The van der Waals surface area contributed by atoms with Crippen molar-refractivity contribution in [1.29, 1.82) is 0 Å². The fourth-order valence-electron chi connectivity index (χ4n) is 1.43. The van der Waals surface area contributed by atoms with Gasteiger partial charge in [0.1, 0.15) is 6.61 Å². The Morgan fingerprint density at radius 3 is 2.95 bits per heavy atom. The molecule has 2 rings (SSSR count). The van der Waals surface area contributed by atoms with Gasteiger partial charge >= 0.3 is 0 Å². The van der Waals surface area contributed by atoms with Gasteiger partial charge in [0.05, 0.1) is 19.9 Å². The van der Waals surface area contributed by atoms with Gasteiger partial charge < -0.3 is 20.3 Å². The SMILES string of the molecule is COc1cc(/C=N\n2nnnc2N)ccc1OCCO. The van der Waals surface area contributed by atoms with Gasteiger partial charge in [-0.2, -0.15) is 5.10 Å². The van der Waals surface area contributed by atoms with Crippen molar-refractivity contribution in [1.82, 2.24) is 20.3 Å². The molecule has 0 fully saturated rings. The zero-order valence-electron chi connectivity index (χ0n) is 10.8. The summed E-state index contributed by atoms with van der Waals surface area (Å²) in [7, 11) is 1.53. The van der Waals surface area contributed by atoms with Crippen molar-refractivity contribution in [3.8, 4) is 11.5 Å². The number of rotatable bonds is 6. The second-order valence-electron chi connectivity index (χ2n) is 3.65. The van der Waals surface area contributed by atoms with Crippen LogP contribution < -0.4 is 15.2 Å². The lowest BCUT2D eigenvalue weighted by molar-refractivity contribution is 0.196. The zero-order chi connectivity index (χ0) is 14.4. The van der Waals surface area contributed by atoms with Crippen LogP contribution in [-0.4, -0.2) is 52.0 Å². The summed E-state index contributed by atoms with van der Waals surface area (Å²) >= 11 is 0. The molecule has 9 heteroatoms. The molecule has 1 aromatic heterocycles. The minimum Gasteiger partial charge on any atom is -0.493 e. The van der Waals surface area contributed by atoms with Crippen LogP contribution in [0.15, 0.2) is 23.3 Å². The number of nitrogen functional groups attached to an aromatic ring is 1. The molecule has 0 spiro atoms. The van der Waals surface area contributed by atoms with Gasteiger partial charge in [0, 0.05) is 0 Å². The molecule has 0 amide bonds. The van der Waals surface area contributed by atoms with E-state index in [2.05, 4.69) is 20.6 Å². The number of aliphatic hydroxyl groups excluding tert-OH is 1. The quantitative estimate of drug-likeness (QED) is 0.684. The highest BCUT2D eigenvalue weighted by molar-refractivity contribution is 5.80. The van der Waals surface area contributed by atoms with Crippen LogP contribution in [0, 0.1) is 0 Å². The van der Waals surface area contributed by atoms with Gasteiger partial charge in [0.2, 0.25) is 0 Å². The largest absolute Gasteiger partial charge is 0.493 e. The van der Waals surface area contributed by atoms with Gasteiger partial charge in [0.15, 0.2) is 11.5 Å². The van der Waals surface area contributed by atoms with Crippen molar-refractivity contribution in [3.63, 3.8) is 0 Å². The molecule has 0 bridgehead atoms. The molecule has 0 atom stereocenters. The highest BCUT2D eigenvalue weighted by Crippen LogP contribution is 2.27. The number of ether oxygens (including phenoxy) is 2. The van der Waals surface area contributed by atoms with Crippen molar-refractivity contribution in [2.45, 2.75) is 0 Å². The number of hydrogen-bond donors (Lipinski definition) is 2. The minimum atomic E-state index is -0.0645. The van der Waals surface area contributed by atoms with Crippen molar-refractivity contribution < 1.29 is 14.6 Å². The molecule has 0 aliphatic carbocycles. The highest BCUT2D eigenvalue weighted by atomic mass is 16.5. The van der Waals surface area contributed by atoms with Crippen LogP contribution in [0.4, 0.5) is 5.95 Å². The number of nitrogens with zero attached hydrogens (tertiary/aromatic N) is 5. The Kier molecular flexibility index (Phi) is 4.45. The number of aliphatic hydroxyl groups is 1. The molecule has 0 saturated carbocycles. The van der Waals surface area contributed by atoms with E-state index in [1.54, 1.807) is 18.2 Å². The topological polar surface area (TPSA) is 121 Å². The highest BCUT2D eigenvalue weighted by Gasteiger charge is 2.05. The van der Waals surface area contributed by atoms with E-state index in [9.17, 15) is 0 Å². The third-order valence-corrected chi connectivity index (χ3v) is 2.33. The first-order valence-corrected chi connectivity index (χ1v) is 5.74. The maximum atomic E-state index is 8.74. The smallest absolute Gasteiger partial charge is 0.263 e. The van der Waals surface area contributed by atoms with E-state index in [-0.39, 0.29) is 19.2 Å². The average Bonchev–Trinajstić information content (AvgIpc) is 2.88. The maximum Gasteiger partial charge on any atom is 0.263 e. The van der Waals surface area contributed by atoms with Crippen molar-refractivity contribution in [3.05, 3.63) is 23.8 Å². The third kappa shape index (κ3) is 3.20. The predicted octanol–water partition coefficient (Wildman–Crippen LogP) is -0.483. The molecular formula is C11H14N6O3. The molecule has 0 aliphatic rings. The van der Waals surface area contributed by atoms with E-state index >= 15 is 0 Å². The molecular weight excluding hydrogens is 264 g/mol. The second-order valence-corrected chi connectivity index (χ2v) is 3.65. The summed E-state index contributed by atoms with van der Waals surface area (Å²) in [6, 6.07) is 5.23. The summed E-state index contributed by atoms with van der Waals surface area (Å²) in [5.74, 6) is 1.17. The molecule has 1 heterocycles. The maximum absolute atomic E-state index is 8.74. The van der Waals surface area contributed by atoms with Crippen LogP contribution in [0.1, 0.15) is 5.56 Å². The van der Waals surface area contributed by atoms with Gasteiger partial charge in [-0.05, 0) is 34.2 Å². The van der Waals surface area contributed by atoms with Crippen LogP contribution in [0.25, 0.3) is 0 Å². The number of methoxy groups -OCH3 is 1. The Labute approximate surface area is 114 Å². The molecule has 3 N–H and O–H groups in total. The van der Waals surface area contributed by atoms with Crippen molar-refractivity contribution >= 4 is 12.2 Å². The van der Waals surface area contributed by atoms with E-state index in [4.69, 9.17) is 20.3 Å². The molecule has 0 radical (unpaired) electrons. The second kappa shape index (κ2) is 6.48. The Bertz CT molecular complexity index is 598. The summed E-state index contributed by atoms with van der Waals surface area (Å²) in [5.41, 5.74) is 6.24. The Morgan fingerprint density at radius 2 is 2.30 bits per heavy atom. The molecule has 1 aromatic carbocycles. The normalized spacial score (nSPS) is 10.9. The summed E-state index contributed by atoms with van der Waals surface area (Å²) in [6.07, 6.45) is 1.53. The van der Waals surface area contributed by atoms with E-state index in [1.165, 1.54) is 13.3 Å². The lowest BCUT2D eigenvalue weighted by atomic mass is 10.2. The van der Waals surface area contributed by atoms with Gasteiger partial charge in [-0.25, -0.2) is 0 Å². The molecule has 0 unspecified atom stereocenters. The van der Waals surface area contributed by atoms with Crippen LogP contribution in [0.3, 0.4) is 0 Å². The average molecular weight is 278 g/mol. The van der Waals surface area contributed by atoms with E-state index in [1.807, 2.05) is 0 Å². The third-order valence-electron chi connectivity index (χ3n) is 2.33. The lowest BCUT2D eigenvalue weighted by Crippen LogP contribution is -2.03. The molecule has 106 valence electrons. The fraction of sp³-hybridized carbons (Fsp3) is 0.273. The van der Waals surface area contributed by atoms with Crippen LogP contribution in [-0.2, 0) is 0 Å². The van der Waals surface area contributed by atoms with Crippen LogP contribution in [0.2, 0.25) is 0 Å². The van der Waals surface area contributed by atoms with Crippen molar-refractivity contribution in [2.75, 3.05) is 26.1 Å². The van der Waals surface area contributed by atoms with Gasteiger partial charge in [0.25, 0.3) is 5.95 Å². The molecule has 0 aliphatic heterocycles. The number of hydrogen-bond acceptors (Lipinski definition) is 8. The Morgan fingerprint density at radius 1 is 1.45 bits per heavy atom. The number of tetrazole rings is 1. The zero-order valence-corrected chi connectivity index (χ0v) is 10.8. The number of aromatic nitrogens is 4. The molecule has 2 aromatic rings. The number of nitrogens with two attached hydrogens (primary N) is 1. The molecule has 0 saturated heterocycles. The lowest BCUT2D eigenvalue weighted by Gasteiger charge is -2.09. The number of anilines is 1. The van der Waals surface area contributed by atoms with Gasteiger partial charge in [-0.1, -0.05) is 9.89 Å². The first-order valence-electron chi connectivity index (χ1n) is 5.74. The minimum absolute atomic E-state index is 0.0645. The van der Waals surface area contributed by atoms with Gasteiger partial charge in [-0.15, -0.1) is 0 Å². The summed E-state index contributed by atoms with van der Waals surface area (Å²) in [4.78, 5) is 1.10. The van der Waals surface area contributed by atoms with E-state index in [0.717, 1.165) is 10.4 Å². The standard InChI is InChI=1S/C11H14N6O3/c1-19-10-6-8(2-3-9(10)20-5-4-18)7-13-17-11(12)14-15-16-17/h2-3,6-7,18H,4-5H2,1H3,(H2,12,14,16)/b13-7-. The van der Waals surface area contributed by atoms with Crippen LogP contribution >= 0.6 is 0 Å². The Balaban J connectivity index is 2.17. The fourth-order valence-corrected chi connectivity index (χ4v) is 1.43. The monoisotopic (exact) mass is 278 g/mol. The van der Waals surface area contributed by atoms with E-state index in [0.29, 0.717) is 11.5 Å². The Hall–Kier alpha value is -2.68. The van der Waals surface area contributed by atoms with Crippen LogP contribution in [0.5, 0.6) is 11.5 Å². The summed E-state index contributed by atoms with van der Waals surface area (Å²) < 4.78 is 10.5. The van der Waals surface area contributed by atoms with E-state index < -0.39 is 0 Å². The predicted molar refractivity (Wildman–Crippen MR) is 70.8 cm³/mol.